The normalized spacial score (nSPS) is 10.6. The lowest BCUT2D eigenvalue weighted by molar-refractivity contribution is 0.0991. The summed E-state index contributed by atoms with van der Waals surface area (Å²) >= 11 is 0. The van der Waals surface area contributed by atoms with Crippen molar-refractivity contribution in [1.29, 1.82) is 0 Å². The highest BCUT2D eigenvalue weighted by atomic mass is 16.3. The van der Waals surface area contributed by atoms with Gasteiger partial charge in [-0.1, -0.05) is 54.1 Å². The molecule has 0 bridgehead atoms. The Hall–Kier alpha value is -4.38. The van der Waals surface area contributed by atoms with Crippen molar-refractivity contribution in [3.63, 3.8) is 0 Å². The number of nitrogens with one attached hydrogen (secondary N) is 1. The molecule has 0 aliphatic carbocycles. The molecule has 0 saturated carbocycles. The lowest BCUT2D eigenvalue weighted by Crippen LogP contribution is -2.26. The molecule has 0 saturated heterocycles. The Morgan fingerprint density at radius 2 is 1.44 bits per heavy atom. The molecule has 4 aromatic rings. The summed E-state index contributed by atoms with van der Waals surface area (Å²) in [4.78, 5) is 27.3. The van der Waals surface area contributed by atoms with E-state index in [0.29, 0.717) is 22.5 Å². The van der Waals surface area contributed by atoms with Crippen LogP contribution in [0.4, 0.5) is 11.4 Å². The molecule has 0 aliphatic rings. The van der Waals surface area contributed by atoms with Crippen molar-refractivity contribution in [3.05, 3.63) is 113 Å². The quantitative estimate of drug-likeness (QED) is 0.380. The Labute approximate surface area is 199 Å². The number of hydrogen-bond acceptors (Lipinski definition) is 3. The van der Waals surface area contributed by atoms with Gasteiger partial charge in [-0.15, -0.1) is 0 Å². The fourth-order valence-electron chi connectivity index (χ4n) is 3.78. The lowest BCUT2D eigenvalue weighted by Gasteiger charge is -2.19. The van der Waals surface area contributed by atoms with Crippen molar-refractivity contribution in [1.82, 2.24) is 0 Å². The van der Waals surface area contributed by atoms with E-state index in [1.54, 1.807) is 49.5 Å². The first-order valence-corrected chi connectivity index (χ1v) is 11.0. The number of phenolic OH excluding ortho intramolecular Hbond substituents is 1. The summed E-state index contributed by atoms with van der Waals surface area (Å²) in [5.41, 5.74) is 5.92. The second-order valence-electron chi connectivity index (χ2n) is 8.30. The van der Waals surface area contributed by atoms with Gasteiger partial charge in [0.15, 0.2) is 0 Å². The highest BCUT2D eigenvalue weighted by Gasteiger charge is 2.17. The molecule has 34 heavy (non-hydrogen) atoms. The van der Waals surface area contributed by atoms with Gasteiger partial charge in [-0.05, 0) is 73.0 Å². The Kier molecular flexibility index (Phi) is 6.46. The third-order valence-electron chi connectivity index (χ3n) is 5.72. The number of aromatic hydroxyl groups is 1. The Morgan fingerprint density at radius 3 is 2.12 bits per heavy atom. The van der Waals surface area contributed by atoms with E-state index in [9.17, 15) is 14.7 Å². The lowest BCUT2D eigenvalue weighted by atomic mass is 9.98. The average Bonchev–Trinajstić information content (AvgIpc) is 2.84. The minimum Gasteiger partial charge on any atom is -0.506 e. The summed E-state index contributed by atoms with van der Waals surface area (Å²) in [5, 5.41) is 13.1. The van der Waals surface area contributed by atoms with Crippen molar-refractivity contribution in [3.8, 4) is 16.9 Å². The van der Waals surface area contributed by atoms with Crippen LogP contribution in [0.1, 0.15) is 31.8 Å². The third-order valence-corrected chi connectivity index (χ3v) is 5.72. The monoisotopic (exact) mass is 450 g/mol. The van der Waals surface area contributed by atoms with E-state index in [1.807, 2.05) is 62.4 Å². The molecule has 0 spiro atoms. The number of anilines is 2. The predicted octanol–water partition coefficient (Wildman–Crippen LogP) is 6.20. The van der Waals surface area contributed by atoms with Crippen LogP contribution in [0.25, 0.3) is 11.1 Å². The average molecular weight is 451 g/mol. The van der Waals surface area contributed by atoms with E-state index in [-0.39, 0.29) is 17.6 Å². The van der Waals surface area contributed by atoms with E-state index in [4.69, 9.17) is 0 Å². The zero-order chi connectivity index (χ0) is 24.2. The van der Waals surface area contributed by atoms with Gasteiger partial charge in [-0.25, -0.2) is 0 Å². The molecule has 0 atom stereocenters. The van der Waals surface area contributed by atoms with Gasteiger partial charge in [-0.3, -0.25) is 9.59 Å². The van der Waals surface area contributed by atoms with Crippen LogP contribution in [0, 0.1) is 13.8 Å². The maximum atomic E-state index is 13.0. The van der Waals surface area contributed by atoms with E-state index in [1.165, 1.54) is 4.90 Å². The second kappa shape index (κ2) is 9.63. The van der Waals surface area contributed by atoms with E-state index < -0.39 is 0 Å². The first kappa shape index (κ1) is 22.8. The zero-order valence-corrected chi connectivity index (χ0v) is 19.4. The van der Waals surface area contributed by atoms with Gasteiger partial charge in [0.05, 0.1) is 5.69 Å². The molecule has 2 amide bonds. The molecular formula is C29H26N2O3. The highest BCUT2D eigenvalue weighted by molar-refractivity contribution is 6.09. The van der Waals surface area contributed by atoms with Gasteiger partial charge in [0.25, 0.3) is 11.8 Å². The first-order valence-electron chi connectivity index (χ1n) is 11.0. The summed E-state index contributed by atoms with van der Waals surface area (Å²) < 4.78 is 0. The highest BCUT2D eigenvalue weighted by Crippen LogP contribution is 2.29. The smallest absolute Gasteiger partial charge is 0.258 e. The number of carbonyl (C=O) groups excluding carboxylic acids is 2. The topological polar surface area (TPSA) is 69.6 Å². The third kappa shape index (κ3) is 4.84. The standard InChI is InChI=1S/C29H26N2O3/c1-19-8-11-21(12-9-19)24-6-4-5-7-25(24)28(33)30-23-15-13-22(14-16-23)29(34)31(3)26-17-10-20(2)18-27(26)32/h4-18,32H,1-3H3,(H,30,33). The molecule has 0 fully saturated rings. The minimum absolute atomic E-state index is 0.0481. The predicted molar refractivity (Wildman–Crippen MR) is 137 cm³/mol. The van der Waals surface area contributed by atoms with Crippen molar-refractivity contribution in [2.75, 3.05) is 17.3 Å². The van der Waals surface area contributed by atoms with Crippen molar-refractivity contribution in [2.45, 2.75) is 13.8 Å². The Balaban J connectivity index is 1.51. The van der Waals surface area contributed by atoms with Crippen molar-refractivity contribution >= 4 is 23.2 Å². The maximum Gasteiger partial charge on any atom is 0.258 e. The molecule has 5 heteroatoms. The minimum atomic E-state index is -0.262. The summed E-state index contributed by atoms with van der Waals surface area (Å²) in [7, 11) is 1.62. The van der Waals surface area contributed by atoms with E-state index in [2.05, 4.69) is 5.32 Å². The number of benzene rings is 4. The fourth-order valence-corrected chi connectivity index (χ4v) is 3.78. The molecule has 5 nitrogen and oxygen atoms in total. The van der Waals surface area contributed by atoms with Gasteiger partial charge in [0.1, 0.15) is 5.75 Å². The van der Waals surface area contributed by atoms with Gasteiger partial charge in [0.2, 0.25) is 0 Å². The maximum absolute atomic E-state index is 13.0. The number of phenols is 1. The number of carbonyl (C=O) groups is 2. The summed E-state index contributed by atoms with van der Waals surface area (Å²) in [6, 6.07) is 27.4. The molecule has 0 aromatic heterocycles. The van der Waals surface area contributed by atoms with E-state index >= 15 is 0 Å². The SMILES string of the molecule is Cc1ccc(-c2ccccc2C(=O)Nc2ccc(C(=O)N(C)c3ccc(C)cc3O)cc2)cc1. The van der Waals surface area contributed by atoms with Crippen LogP contribution in [0.5, 0.6) is 5.75 Å². The van der Waals surface area contributed by atoms with Crippen LogP contribution in [-0.4, -0.2) is 24.0 Å². The van der Waals surface area contributed by atoms with Gasteiger partial charge < -0.3 is 15.3 Å². The molecule has 0 heterocycles. The van der Waals surface area contributed by atoms with Gasteiger partial charge in [-0.2, -0.15) is 0 Å². The first-order chi connectivity index (χ1) is 16.3. The molecule has 2 N–H and O–H groups in total. The van der Waals surface area contributed by atoms with Crippen LogP contribution in [0.2, 0.25) is 0 Å². The number of nitrogens with zero attached hydrogens (tertiary/aromatic N) is 1. The largest absolute Gasteiger partial charge is 0.506 e. The molecule has 4 aromatic carbocycles. The zero-order valence-electron chi connectivity index (χ0n) is 19.4. The van der Waals surface area contributed by atoms with Crippen LogP contribution in [0.3, 0.4) is 0 Å². The van der Waals surface area contributed by atoms with Crippen LogP contribution >= 0.6 is 0 Å². The van der Waals surface area contributed by atoms with Gasteiger partial charge >= 0.3 is 0 Å². The van der Waals surface area contributed by atoms with Crippen LogP contribution in [-0.2, 0) is 0 Å². The van der Waals surface area contributed by atoms with Crippen molar-refractivity contribution in [2.24, 2.45) is 0 Å². The molecule has 0 unspecified atom stereocenters. The molecule has 4 rings (SSSR count). The van der Waals surface area contributed by atoms with E-state index in [0.717, 1.165) is 22.3 Å². The summed E-state index contributed by atoms with van der Waals surface area (Å²) in [6.07, 6.45) is 0. The molecule has 170 valence electrons. The second-order valence-corrected chi connectivity index (χ2v) is 8.30. The van der Waals surface area contributed by atoms with Gasteiger partial charge in [0, 0.05) is 23.9 Å². The number of hydrogen-bond donors (Lipinski definition) is 2. The van der Waals surface area contributed by atoms with Crippen molar-refractivity contribution < 1.29 is 14.7 Å². The number of rotatable bonds is 5. The molecule has 0 radical (unpaired) electrons. The molecule has 0 aliphatic heterocycles. The summed E-state index contributed by atoms with van der Waals surface area (Å²) in [5.74, 6) is -0.439. The summed E-state index contributed by atoms with van der Waals surface area (Å²) in [6.45, 7) is 3.90. The van der Waals surface area contributed by atoms with Crippen LogP contribution in [0.15, 0.2) is 91.0 Å². The fraction of sp³-hybridized carbons (Fsp3) is 0.103. The number of amides is 2. The molecular weight excluding hydrogens is 424 g/mol. The Morgan fingerprint density at radius 1 is 0.794 bits per heavy atom. The Bertz CT molecular complexity index is 1340. The van der Waals surface area contributed by atoms with Crippen LogP contribution < -0.4 is 10.2 Å². The number of aryl methyl sites for hydroxylation is 2.